The van der Waals surface area contributed by atoms with Crippen LogP contribution in [0.4, 0.5) is 18.0 Å². The molecule has 0 saturated heterocycles. The van der Waals surface area contributed by atoms with Gasteiger partial charge in [0, 0.05) is 18.7 Å². The van der Waals surface area contributed by atoms with Crippen molar-refractivity contribution in [2.24, 2.45) is 0 Å². The summed E-state index contributed by atoms with van der Waals surface area (Å²) in [4.78, 5) is 11.6. The van der Waals surface area contributed by atoms with E-state index in [-0.39, 0.29) is 18.0 Å². The number of amides is 1. The number of nitrogens with one attached hydrogen (secondary N) is 2. The molecule has 0 aliphatic rings. The second-order valence-electron chi connectivity index (χ2n) is 6.88. The minimum Gasteiger partial charge on any atom is -0.457 e. The van der Waals surface area contributed by atoms with Gasteiger partial charge in [-0.25, -0.2) is 22.7 Å². The van der Waals surface area contributed by atoms with Gasteiger partial charge in [0.1, 0.15) is 17.1 Å². The van der Waals surface area contributed by atoms with Gasteiger partial charge in [-0.1, -0.05) is 12.1 Å². The number of carbonyl (C=O) groups excluding carboxylic acids is 1. The molecule has 0 unspecified atom stereocenters. The molecule has 7 nitrogen and oxygen atoms in total. The summed E-state index contributed by atoms with van der Waals surface area (Å²) in [5, 5.41) is 0. The molecule has 0 aromatic heterocycles. The van der Waals surface area contributed by atoms with Crippen molar-refractivity contribution in [2.45, 2.75) is 32.9 Å². The molecule has 0 aliphatic carbocycles. The third-order valence-corrected chi connectivity index (χ3v) is 4.13. The van der Waals surface area contributed by atoms with E-state index in [9.17, 15) is 26.4 Å². The normalized spacial score (nSPS) is 11.8. The number of ether oxygens (including phenoxy) is 2. The van der Waals surface area contributed by atoms with E-state index in [2.05, 4.69) is 4.72 Å². The van der Waals surface area contributed by atoms with Gasteiger partial charge >= 0.3 is 16.3 Å². The van der Waals surface area contributed by atoms with E-state index in [4.69, 9.17) is 9.47 Å². The Balaban J connectivity index is 2.02. The van der Waals surface area contributed by atoms with Gasteiger partial charge in [-0.05, 0) is 38.5 Å². The summed E-state index contributed by atoms with van der Waals surface area (Å²) in [6.07, 6.45) is -1.14. The lowest BCUT2D eigenvalue weighted by Gasteiger charge is -2.19. The van der Waals surface area contributed by atoms with Crippen LogP contribution in [0.5, 0.6) is 11.5 Å². The molecule has 0 saturated carbocycles. The Morgan fingerprint density at radius 3 is 2.24 bits per heavy atom. The molecule has 2 aromatic carbocycles. The molecule has 29 heavy (non-hydrogen) atoms. The van der Waals surface area contributed by atoms with Gasteiger partial charge in [0.05, 0.1) is 0 Å². The van der Waals surface area contributed by atoms with E-state index >= 15 is 0 Å². The zero-order valence-corrected chi connectivity index (χ0v) is 16.6. The lowest BCUT2D eigenvalue weighted by atomic mass is 10.2. The maximum atomic E-state index is 13.3. The van der Waals surface area contributed by atoms with E-state index in [0.717, 1.165) is 0 Å². The van der Waals surface area contributed by atoms with Crippen molar-refractivity contribution in [1.82, 2.24) is 9.44 Å². The quantitative estimate of drug-likeness (QED) is 0.678. The molecule has 0 atom stereocenters. The van der Waals surface area contributed by atoms with Crippen molar-refractivity contribution in [3.63, 3.8) is 0 Å². The van der Waals surface area contributed by atoms with Crippen LogP contribution in [0.2, 0.25) is 0 Å². The van der Waals surface area contributed by atoms with Crippen LogP contribution in [0.1, 0.15) is 26.3 Å². The lowest BCUT2D eigenvalue weighted by molar-refractivity contribution is 0.0569. The van der Waals surface area contributed by atoms with Crippen LogP contribution in [-0.2, 0) is 21.5 Å². The van der Waals surface area contributed by atoms with E-state index in [1.54, 1.807) is 31.6 Å². The molecule has 2 N–H and O–H groups in total. The number of carbonyl (C=O) groups is 1. The van der Waals surface area contributed by atoms with Crippen molar-refractivity contribution in [1.29, 1.82) is 0 Å². The highest BCUT2D eigenvalue weighted by Crippen LogP contribution is 2.25. The Kier molecular flexibility index (Phi) is 6.75. The molecule has 0 aliphatic heterocycles. The maximum Gasteiger partial charge on any atom is 0.422 e. The van der Waals surface area contributed by atoms with Crippen molar-refractivity contribution in [3.05, 3.63) is 59.4 Å². The van der Waals surface area contributed by atoms with Crippen LogP contribution in [0, 0.1) is 17.5 Å². The number of benzene rings is 2. The zero-order chi connectivity index (χ0) is 21.8. The third kappa shape index (κ3) is 7.27. The molecule has 1 amide bonds. The summed E-state index contributed by atoms with van der Waals surface area (Å²) in [5.41, 5.74) is -0.454. The molecule has 11 heteroatoms. The summed E-state index contributed by atoms with van der Waals surface area (Å²) < 4.78 is 77.3. The van der Waals surface area contributed by atoms with Crippen molar-refractivity contribution < 1.29 is 35.9 Å². The maximum absolute atomic E-state index is 13.3. The van der Waals surface area contributed by atoms with Gasteiger partial charge in [-0.2, -0.15) is 13.1 Å². The standard InChI is InChI=1S/C18H19F3N2O5S/c1-18(2,3)28-17(24)23-29(25,26)22-10-11-5-4-6-12(7-11)27-13-8-14(19)16(21)15(20)9-13/h4-9,22H,10H2,1-3H3,(H,23,24). The summed E-state index contributed by atoms with van der Waals surface area (Å²) in [5.74, 6) is -4.56. The topological polar surface area (TPSA) is 93.7 Å². The number of hydrogen-bond donors (Lipinski definition) is 2. The van der Waals surface area contributed by atoms with Crippen LogP contribution >= 0.6 is 0 Å². The fraction of sp³-hybridized carbons (Fsp3) is 0.278. The summed E-state index contributed by atoms with van der Waals surface area (Å²) in [6.45, 7) is 4.52. The molecule has 0 bridgehead atoms. The van der Waals surface area contributed by atoms with Crippen molar-refractivity contribution >= 4 is 16.3 Å². The molecule has 2 rings (SSSR count). The Morgan fingerprint density at radius 1 is 1.03 bits per heavy atom. The minimum atomic E-state index is -4.20. The SMILES string of the molecule is CC(C)(C)OC(=O)NS(=O)(=O)NCc1cccc(Oc2cc(F)c(F)c(F)c2)c1. The van der Waals surface area contributed by atoms with Crippen molar-refractivity contribution in [2.75, 3.05) is 0 Å². The number of halogens is 3. The first-order chi connectivity index (χ1) is 13.3. The molecule has 158 valence electrons. The van der Waals surface area contributed by atoms with Gasteiger partial charge in [-0.15, -0.1) is 0 Å². The lowest BCUT2D eigenvalue weighted by Crippen LogP contribution is -2.42. The second kappa shape index (κ2) is 8.70. The Morgan fingerprint density at radius 2 is 1.66 bits per heavy atom. The van der Waals surface area contributed by atoms with E-state index in [0.29, 0.717) is 17.7 Å². The van der Waals surface area contributed by atoms with Crippen LogP contribution < -0.4 is 14.2 Å². The zero-order valence-electron chi connectivity index (χ0n) is 15.8. The first-order valence-electron chi connectivity index (χ1n) is 8.26. The third-order valence-electron chi connectivity index (χ3n) is 3.17. The average molecular weight is 432 g/mol. The van der Waals surface area contributed by atoms with Crippen molar-refractivity contribution in [3.8, 4) is 11.5 Å². The molecular formula is C18H19F3N2O5S. The molecule has 0 radical (unpaired) electrons. The molecule has 2 aromatic rings. The van der Waals surface area contributed by atoms with E-state index in [1.165, 1.54) is 18.2 Å². The van der Waals surface area contributed by atoms with Crippen LogP contribution in [0.25, 0.3) is 0 Å². The highest BCUT2D eigenvalue weighted by molar-refractivity contribution is 7.88. The first-order valence-corrected chi connectivity index (χ1v) is 9.75. The molecule has 0 fully saturated rings. The van der Waals surface area contributed by atoms with Crippen LogP contribution in [-0.4, -0.2) is 20.1 Å². The molecule has 0 heterocycles. The van der Waals surface area contributed by atoms with E-state index in [1.807, 2.05) is 0 Å². The Bertz CT molecular complexity index is 984. The minimum absolute atomic E-state index is 0.132. The van der Waals surface area contributed by atoms with Crippen LogP contribution in [0.15, 0.2) is 36.4 Å². The predicted octanol–water partition coefficient (Wildman–Crippen LogP) is 3.76. The largest absolute Gasteiger partial charge is 0.457 e. The summed E-state index contributed by atoms with van der Waals surface area (Å²) in [6, 6.07) is 7.27. The Hall–Kier alpha value is -2.79. The number of rotatable bonds is 6. The monoisotopic (exact) mass is 432 g/mol. The van der Waals surface area contributed by atoms with Gasteiger partial charge in [0.15, 0.2) is 17.5 Å². The predicted molar refractivity (Wildman–Crippen MR) is 98.0 cm³/mol. The van der Waals surface area contributed by atoms with E-state index < -0.39 is 39.4 Å². The highest BCUT2D eigenvalue weighted by atomic mass is 32.2. The number of hydrogen-bond acceptors (Lipinski definition) is 5. The summed E-state index contributed by atoms with van der Waals surface area (Å²) >= 11 is 0. The highest BCUT2D eigenvalue weighted by Gasteiger charge is 2.21. The average Bonchev–Trinajstić information content (AvgIpc) is 2.56. The van der Waals surface area contributed by atoms with Gasteiger partial charge in [0.25, 0.3) is 0 Å². The summed E-state index contributed by atoms with van der Waals surface area (Å²) in [7, 11) is -4.20. The fourth-order valence-corrected chi connectivity index (χ4v) is 2.76. The van der Waals surface area contributed by atoms with Gasteiger partial charge in [-0.3, -0.25) is 0 Å². The second-order valence-corrected chi connectivity index (χ2v) is 8.38. The molecule has 0 spiro atoms. The van der Waals surface area contributed by atoms with Gasteiger partial charge < -0.3 is 9.47 Å². The first kappa shape index (κ1) is 22.5. The van der Waals surface area contributed by atoms with Gasteiger partial charge in [0.2, 0.25) is 0 Å². The Labute approximate surface area is 166 Å². The smallest absolute Gasteiger partial charge is 0.422 e. The molecular weight excluding hydrogens is 413 g/mol. The van der Waals surface area contributed by atoms with Crippen LogP contribution in [0.3, 0.4) is 0 Å². The fourth-order valence-electron chi connectivity index (χ4n) is 2.07.